The van der Waals surface area contributed by atoms with Gasteiger partial charge in [-0.15, -0.1) is 0 Å². The number of imidazole rings is 1. The Balaban J connectivity index is 2.61. The second-order valence-electron chi connectivity index (χ2n) is 3.78. The molecule has 0 saturated heterocycles. The van der Waals surface area contributed by atoms with Crippen LogP contribution in [0.1, 0.15) is 17.5 Å². The summed E-state index contributed by atoms with van der Waals surface area (Å²) < 4.78 is 0.317. The number of pyridine rings is 1. The van der Waals surface area contributed by atoms with Crippen LogP contribution in [0.4, 0.5) is 0 Å². The Labute approximate surface area is 132 Å². The second-order valence-corrected chi connectivity index (χ2v) is 6.71. The van der Waals surface area contributed by atoms with Crippen LogP contribution in [-0.2, 0) is 0 Å². The predicted octanol–water partition coefficient (Wildman–Crippen LogP) is 4.06. The van der Waals surface area contributed by atoms with Gasteiger partial charge in [0.05, 0.1) is 5.02 Å². The van der Waals surface area contributed by atoms with Crippen LogP contribution in [0.15, 0.2) is 29.1 Å². The molecule has 2 heterocycles. The molecular formula is C11H7BrCl3N3O. The third-order valence-corrected chi connectivity index (χ3v) is 3.27. The Kier molecular flexibility index (Phi) is 4.20. The van der Waals surface area contributed by atoms with Gasteiger partial charge in [-0.2, -0.15) is 0 Å². The molecule has 0 aliphatic heterocycles. The van der Waals surface area contributed by atoms with Gasteiger partial charge in [0.1, 0.15) is 4.60 Å². The molecule has 2 aromatic rings. The van der Waals surface area contributed by atoms with Crippen LogP contribution >= 0.6 is 50.7 Å². The summed E-state index contributed by atoms with van der Waals surface area (Å²) in [5.41, 5.74) is 0. The first-order valence-electron chi connectivity index (χ1n) is 5.09. The molecule has 8 heteroatoms. The summed E-state index contributed by atoms with van der Waals surface area (Å²) in [6.07, 6.45) is 3.13. The minimum atomic E-state index is -1.58. The van der Waals surface area contributed by atoms with Gasteiger partial charge >= 0.3 is 0 Å². The summed E-state index contributed by atoms with van der Waals surface area (Å²) in [6.45, 7) is 1.38. The highest BCUT2D eigenvalue weighted by Crippen LogP contribution is 2.28. The average Bonchev–Trinajstić information content (AvgIpc) is 2.69. The van der Waals surface area contributed by atoms with Crippen LogP contribution < -0.4 is 0 Å². The van der Waals surface area contributed by atoms with Crippen molar-refractivity contribution in [3.8, 4) is 5.82 Å². The number of hydrogen-bond donors (Lipinski definition) is 0. The lowest BCUT2D eigenvalue weighted by atomic mass is 10.3. The largest absolute Gasteiger partial charge is 0.287 e. The number of halogens is 4. The second kappa shape index (κ2) is 5.40. The summed E-state index contributed by atoms with van der Waals surface area (Å²) >= 11 is 20.9. The third-order valence-electron chi connectivity index (χ3n) is 2.25. The zero-order chi connectivity index (χ0) is 14.2. The first-order chi connectivity index (χ1) is 8.80. The van der Waals surface area contributed by atoms with Gasteiger partial charge in [-0.25, -0.2) is 9.97 Å². The van der Waals surface area contributed by atoms with Crippen molar-refractivity contribution in [3.05, 3.63) is 40.0 Å². The van der Waals surface area contributed by atoms with E-state index in [1.165, 1.54) is 11.5 Å². The van der Waals surface area contributed by atoms with Crippen molar-refractivity contribution in [2.45, 2.75) is 11.3 Å². The Morgan fingerprint density at radius 3 is 2.74 bits per heavy atom. The number of rotatable bonds is 3. The highest BCUT2D eigenvalue weighted by molar-refractivity contribution is 9.10. The third kappa shape index (κ3) is 3.11. The van der Waals surface area contributed by atoms with E-state index in [0.717, 1.165) is 0 Å². The van der Waals surface area contributed by atoms with Crippen molar-refractivity contribution in [3.63, 3.8) is 0 Å². The van der Waals surface area contributed by atoms with E-state index in [1.54, 1.807) is 24.5 Å². The highest BCUT2D eigenvalue weighted by atomic mass is 79.9. The molecule has 2 rings (SSSR count). The number of carbonyl (C=O) groups excluding carboxylic acids is 1. The fraction of sp³-hybridized carbons (Fsp3) is 0.182. The van der Waals surface area contributed by atoms with Crippen LogP contribution in [0.3, 0.4) is 0 Å². The molecule has 0 aromatic carbocycles. The molecule has 4 nitrogen and oxygen atoms in total. The molecule has 100 valence electrons. The van der Waals surface area contributed by atoms with E-state index in [4.69, 9.17) is 34.8 Å². The van der Waals surface area contributed by atoms with Gasteiger partial charge < -0.3 is 0 Å². The maximum absolute atomic E-state index is 12.1. The van der Waals surface area contributed by atoms with Crippen molar-refractivity contribution in [1.82, 2.24) is 14.5 Å². The average molecular weight is 383 g/mol. The molecule has 0 saturated carbocycles. The number of Topliss-reactive ketones (excluding diaryl/α,β-unsaturated/α-hetero) is 1. The molecule has 0 amide bonds. The normalized spacial score (nSPS) is 11.6. The van der Waals surface area contributed by atoms with Gasteiger partial charge in [-0.1, -0.05) is 34.8 Å². The summed E-state index contributed by atoms with van der Waals surface area (Å²) in [7, 11) is 0. The molecule has 0 radical (unpaired) electrons. The molecule has 0 aliphatic carbocycles. The van der Waals surface area contributed by atoms with Crippen LogP contribution in [-0.4, -0.2) is 24.7 Å². The minimum Gasteiger partial charge on any atom is -0.287 e. The van der Waals surface area contributed by atoms with E-state index in [9.17, 15) is 4.79 Å². The molecule has 0 atom stereocenters. The van der Waals surface area contributed by atoms with E-state index in [0.29, 0.717) is 15.4 Å². The van der Waals surface area contributed by atoms with Crippen LogP contribution in [0.2, 0.25) is 5.02 Å². The Morgan fingerprint density at radius 2 is 2.16 bits per heavy atom. The lowest BCUT2D eigenvalue weighted by molar-refractivity contribution is 0.0966. The number of carbonyl (C=O) groups is 1. The molecule has 0 fully saturated rings. The number of alkyl halides is 2. The fourth-order valence-corrected chi connectivity index (χ4v) is 2.18. The highest BCUT2D eigenvalue weighted by Gasteiger charge is 2.33. The van der Waals surface area contributed by atoms with E-state index in [1.807, 2.05) is 0 Å². The lowest BCUT2D eigenvalue weighted by Gasteiger charge is -2.13. The van der Waals surface area contributed by atoms with Gasteiger partial charge in [0.15, 0.2) is 16.0 Å². The molecule has 19 heavy (non-hydrogen) atoms. The van der Waals surface area contributed by atoms with Crippen LogP contribution in [0.25, 0.3) is 5.82 Å². The Morgan fingerprint density at radius 1 is 1.47 bits per heavy atom. The molecule has 0 N–H and O–H groups in total. The fourth-order valence-electron chi connectivity index (χ4n) is 1.42. The zero-order valence-corrected chi connectivity index (χ0v) is 13.4. The molecule has 0 unspecified atom stereocenters. The Bertz CT molecular complexity index is 636. The van der Waals surface area contributed by atoms with Gasteiger partial charge in [-0.3, -0.25) is 9.36 Å². The molecule has 0 spiro atoms. The predicted molar refractivity (Wildman–Crippen MR) is 78.5 cm³/mol. The number of ketones is 1. The number of aromatic nitrogens is 3. The SMILES string of the molecule is CC(Cl)(Cl)C(=O)c1nc(Br)cn1-c1ncccc1Cl. The lowest BCUT2D eigenvalue weighted by Crippen LogP contribution is -2.25. The van der Waals surface area contributed by atoms with Crippen molar-refractivity contribution in [2.24, 2.45) is 0 Å². The number of nitrogens with zero attached hydrogens (tertiary/aromatic N) is 3. The Hall–Kier alpha value is -0.620. The summed E-state index contributed by atoms with van der Waals surface area (Å²) in [5.74, 6) is -0.105. The van der Waals surface area contributed by atoms with Gasteiger partial charge in [0, 0.05) is 12.4 Å². The first kappa shape index (κ1) is 14.8. The quantitative estimate of drug-likeness (QED) is 0.593. The zero-order valence-electron chi connectivity index (χ0n) is 9.57. The first-order valence-corrected chi connectivity index (χ1v) is 7.02. The van der Waals surface area contributed by atoms with Crippen LogP contribution in [0.5, 0.6) is 0 Å². The molecular weight excluding hydrogens is 376 g/mol. The van der Waals surface area contributed by atoms with Crippen molar-refractivity contribution >= 4 is 56.5 Å². The van der Waals surface area contributed by atoms with Gasteiger partial charge in [-0.05, 0) is 35.0 Å². The maximum atomic E-state index is 12.1. The van der Waals surface area contributed by atoms with E-state index >= 15 is 0 Å². The van der Waals surface area contributed by atoms with Gasteiger partial charge in [0.2, 0.25) is 5.78 Å². The number of hydrogen-bond acceptors (Lipinski definition) is 3. The summed E-state index contributed by atoms with van der Waals surface area (Å²) in [5, 5.41) is 0.382. The maximum Gasteiger partial charge on any atom is 0.234 e. The minimum absolute atomic E-state index is 0.0555. The standard InChI is InChI=1S/C11H7BrCl3N3O/c1-11(14,15)8(19)10-17-7(12)5-18(10)9-6(13)3-2-4-16-9/h2-5H,1H3. The van der Waals surface area contributed by atoms with Gasteiger partial charge in [0.25, 0.3) is 0 Å². The summed E-state index contributed by atoms with van der Waals surface area (Å²) in [6, 6.07) is 3.35. The van der Waals surface area contributed by atoms with E-state index in [2.05, 4.69) is 25.9 Å². The monoisotopic (exact) mass is 381 g/mol. The molecule has 2 aromatic heterocycles. The van der Waals surface area contributed by atoms with Crippen LogP contribution in [0, 0.1) is 0 Å². The van der Waals surface area contributed by atoms with E-state index < -0.39 is 10.1 Å². The van der Waals surface area contributed by atoms with Crippen molar-refractivity contribution in [1.29, 1.82) is 0 Å². The van der Waals surface area contributed by atoms with E-state index in [-0.39, 0.29) is 5.82 Å². The molecule has 0 bridgehead atoms. The summed E-state index contributed by atoms with van der Waals surface area (Å²) in [4.78, 5) is 20.3. The van der Waals surface area contributed by atoms with Crippen molar-refractivity contribution < 1.29 is 4.79 Å². The topological polar surface area (TPSA) is 47.8 Å². The smallest absolute Gasteiger partial charge is 0.234 e. The van der Waals surface area contributed by atoms with Crippen molar-refractivity contribution in [2.75, 3.05) is 0 Å². The molecule has 0 aliphatic rings.